The Morgan fingerprint density at radius 3 is 2.57 bits per heavy atom. The molecule has 0 aliphatic carbocycles. The van der Waals surface area contributed by atoms with Crippen molar-refractivity contribution in [2.75, 3.05) is 6.54 Å². The number of aliphatic hydroxyl groups excluding tert-OH is 1. The maximum atomic E-state index is 12.0. The quantitative estimate of drug-likeness (QED) is 0.745. The number of hydrogen-bond acceptors (Lipinski definition) is 3. The predicted octanol–water partition coefficient (Wildman–Crippen LogP) is 3.51. The second-order valence-electron chi connectivity index (χ2n) is 4.27. The van der Waals surface area contributed by atoms with Gasteiger partial charge in [0.1, 0.15) is 4.64 Å². The molecule has 1 heterocycles. The number of benzene rings is 1. The number of aliphatic hydroxyl groups is 1. The molecule has 1 unspecified atom stereocenters. The van der Waals surface area contributed by atoms with E-state index in [0.717, 1.165) is 0 Å². The molecule has 1 amide bonds. The fourth-order valence-corrected chi connectivity index (χ4v) is 2.69. The number of nitrogens with one attached hydrogen (secondary N) is 2. The zero-order chi connectivity index (χ0) is 15.4. The smallest absolute Gasteiger partial charge is 0.254 e. The van der Waals surface area contributed by atoms with Gasteiger partial charge in [-0.15, -0.1) is 0 Å². The minimum Gasteiger partial charge on any atom is -0.386 e. The molecular weight excluding hydrogens is 331 g/mol. The van der Waals surface area contributed by atoms with Crippen LogP contribution >= 0.6 is 35.4 Å². The summed E-state index contributed by atoms with van der Waals surface area (Å²) < 4.78 is 0.334. The maximum absolute atomic E-state index is 12.0. The van der Waals surface area contributed by atoms with Gasteiger partial charge in [-0.25, -0.2) is 0 Å². The second kappa shape index (κ2) is 7.04. The molecular formula is C14H12Cl2N2O2S. The van der Waals surface area contributed by atoms with Crippen LogP contribution in [0.4, 0.5) is 0 Å². The van der Waals surface area contributed by atoms with Gasteiger partial charge >= 0.3 is 0 Å². The molecule has 4 nitrogen and oxygen atoms in total. The van der Waals surface area contributed by atoms with Crippen molar-refractivity contribution in [1.82, 2.24) is 10.3 Å². The van der Waals surface area contributed by atoms with Crippen LogP contribution in [0.3, 0.4) is 0 Å². The highest BCUT2D eigenvalue weighted by molar-refractivity contribution is 7.71. The topological polar surface area (TPSA) is 65.1 Å². The Morgan fingerprint density at radius 2 is 1.95 bits per heavy atom. The van der Waals surface area contributed by atoms with E-state index in [4.69, 9.17) is 35.4 Å². The number of aromatic nitrogens is 1. The normalized spacial score (nSPS) is 12.0. The van der Waals surface area contributed by atoms with E-state index in [1.807, 2.05) is 0 Å². The Kier molecular flexibility index (Phi) is 5.36. The van der Waals surface area contributed by atoms with Crippen molar-refractivity contribution in [3.05, 3.63) is 62.3 Å². The van der Waals surface area contributed by atoms with E-state index in [0.29, 0.717) is 25.8 Å². The number of hydrogen-bond donors (Lipinski definition) is 3. The summed E-state index contributed by atoms with van der Waals surface area (Å²) in [5.41, 5.74) is 0.726. The molecule has 110 valence electrons. The molecule has 1 aromatic heterocycles. The first-order valence-corrected chi connectivity index (χ1v) is 7.25. The Bertz CT molecular complexity index is 698. The molecule has 0 saturated heterocycles. The van der Waals surface area contributed by atoms with Crippen LogP contribution in [0, 0.1) is 4.64 Å². The lowest BCUT2D eigenvalue weighted by Gasteiger charge is -2.15. The van der Waals surface area contributed by atoms with E-state index in [-0.39, 0.29) is 12.5 Å². The van der Waals surface area contributed by atoms with Crippen molar-refractivity contribution in [3.8, 4) is 0 Å². The summed E-state index contributed by atoms with van der Waals surface area (Å²) in [6.45, 7) is -0.0219. The van der Waals surface area contributed by atoms with Crippen LogP contribution in [0.15, 0.2) is 36.5 Å². The lowest BCUT2D eigenvalue weighted by Crippen LogP contribution is -2.29. The first-order chi connectivity index (χ1) is 10.0. The number of carbonyl (C=O) groups is 1. The van der Waals surface area contributed by atoms with E-state index < -0.39 is 6.10 Å². The van der Waals surface area contributed by atoms with Gasteiger partial charge in [-0.2, -0.15) is 0 Å². The number of aromatic amines is 1. The van der Waals surface area contributed by atoms with Gasteiger partial charge in [0.25, 0.3) is 5.91 Å². The van der Waals surface area contributed by atoms with Crippen molar-refractivity contribution in [2.45, 2.75) is 6.10 Å². The molecule has 7 heteroatoms. The fourth-order valence-electron chi connectivity index (χ4n) is 1.82. The van der Waals surface area contributed by atoms with Gasteiger partial charge in [0.15, 0.2) is 0 Å². The monoisotopic (exact) mass is 342 g/mol. The largest absolute Gasteiger partial charge is 0.386 e. The van der Waals surface area contributed by atoms with Crippen molar-refractivity contribution >= 4 is 41.3 Å². The van der Waals surface area contributed by atoms with E-state index in [1.165, 1.54) is 0 Å². The van der Waals surface area contributed by atoms with Gasteiger partial charge in [-0.3, -0.25) is 4.79 Å². The minimum atomic E-state index is -1.00. The molecule has 0 aliphatic heterocycles. The molecule has 2 rings (SSSR count). The number of rotatable bonds is 4. The highest BCUT2D eigenvalue weighted by Gasteiger charge is 2.17. The second-order valence-corrected chi connectivity index (χ2v) is 5.50. The first-order valence-electron chi connectivity index (χ1n) is 6.08. The summed E-state index contributed by atoms with van der Waals surface area (Å²) in [5.74, 6) is -0.376. The van der Waals surface area contributed by atoms with Gasteiger partial charge in [-0.1, -0.05) is 41.5 Å². The Balaban J connectivity index is 2.08. The van der Waals surface area contributed by atoms with E-state index >= 15 is 0 Å². The third-order valence-corrected chi connectivity index (χ3v) is 3.85. The molecule has 1 atom stereocenters. The summed E-state index contributed by atoms with van der Waals surface area (Å²) >= 11 is 17.0. The lowest BCUT2D eigenvalue weighted by molar-refractivity contribution is 0.0915. The number of carbonyl (C=O) groups excluding carboxylic acids is 1. The SMILES string of the molecule is O=C(NCC(O)c1c(Cl)cccc1Cl)c1ccc[nH]c1=S. The van der Waals surface area contributed by atoms with Gasteiger partial charge in [0.05, 0.1) is 11.7 Å². The number of amides is 1. The molecule has 0 fully saturated rings. The van der Waals surface area contributed by atoms with Gasteiger partial charge in [-0.05, 0) is 24.3 Å². The van der Waals surface area contributed by atoms with Crippen molar-refractivity contribution in [2.24, 2.45) is 0 Å². The van der Waals surface area contributed by atoms with Crippen LogP contribution in [0.25, 0.3) is 0 Å². The van der Waals surface area contributed by atoms with E-state index in [1.54, 1.807) is 36.5 Å². The predicted molar refractivity (Wildman–Crippen MR) is 85.4 cm³/mol. The van der Waals surface area contributed by atoms with Gasteiger partial charge in [0, 0.05) is 28.4 Å². The lowest BCUT2D eigenvalue weighted by atomic mass is 10.1. The summed E-state index contributed by atoms with van der Waals surface area (Å²) in [5, 5.41) is 13.4. The molecule has 0 bridgehead atoms. The number of pyridine rings is 1. The number of halogens is 2. The molecule has 0 radical (unpaired) electrons. The van der Waals surface area contributed by atoms with Gasteiger partial charge in [0.2, 0.25) is 0 Å². The van der Waals surface area contributed by atoms with E-state index in [2.05, 4.69) is 10.3 Å². The Hall–Kier alpha value is -1.40. The minimum absolute atomic E-state index is 0.0219. The standard InChI is InChI=1S/C14H12Cl2N2O2S/c15-9-4-1-5-10(16)12(9)11(19)7-18-13(20)8-3-2-6-17-14(8)21/h1-6,11,19H,7H2,(H,17,21)(H,18,20). The van der Waals surface area contributed by atoms with Crippen LogP contribution in [0.5, 0.6) is 0 Å². The molecule has 0 saturated carbocycles. The highest BCUT2D eigenvalue weighted by atomic mass is 35.5. The highest BCUT2D eigenvalue weighted by Crippen LogP contribution is 2.29. The van der Waals surface area contributed by atoms with Crippen LogP contribution in [-0.4, -0.2) is 22.5 Å². The zero-order valence-electron chi connectivity index (χ0n) is 10.8. The van der Waals surface area contributed by atoms with Crippen molar-refractivity contribution < 1.29 is 9.90 Å². The molecule has 0 aliphatic rings. The third-order valence-electron chi connectivity index (χ3n) is 2.85. The van der Waals surface area contributed by atoms with Crippen LogP contribution in [0.1, 0.15) is 22.0 Å². The molecule has 0 spiro atoms. The van der Waals surface area contributed by atoms with Gasteiger partial charge < -0.3 is 15.4 Å². The molecule has 1 aromatic carbocycles. The van der Waals surface area contributed by atoms with Crippen molar-refractivity contribution in [1.29, 1.82) is 0 Å². The van der Waals surface area contributed by atoms with Crippen LogP contribution in [0.2, 0.25) is 10.0 Å². The summed E-state index contributed by atoms with van der Waals surface area (Å²) in [7, 11) is 0. The third kappa shape index (κ3) is 3.83. The summed E-state index contributed by atoms with van der Waals surface area (Å²) in [6, 6.07) is 8.21. The van der Waals surface area contributed by atoms with Crippen LogP contribution in [-0.2, 0) is 0 Å². The Morgan fingerprint density at radius 1 is 1.29 bits per heavy atom. The summed E-state index contributed by atoms with van der Waals surface area (Å²) in [6.07, 6.45) is 0.633. The van der Waals surface area contributed by atoms with E-state index in [9.17, 15) is 9.90 Å². The Labute approximate surface area is 136 Å². The molecule has 2 aromatic rings. The summed E-state index contributed by atoms with van der Waals surface area (Å²) in [4.78, 5) is 14.8. The molecule has 3 N–H and O–H groups in total. The maximum Gasteiger partial charge on any atom is 0.254 e. The fraction of sp³-hybridized carbons (Fsp3) is 0.143. The average Bonchev–Trinajstić information content (AvgIpc) is 2.45. The number of H-pyrrole nitrogens is 1. The van der Waals surface area contributed by atoms with Crippen molar-refractivity contribution in [3.63, 3.8) is 0 Å². The molecule has 21 heavy (non-hydrogen) atoms. The zero-order valence-corrected chi connectivity index (χ0v) is 13.1. The first kappa shape index (κ1) is 16.0. The van der Waals surface area contributed by atoms with Crippen LogP contribution < -0.4 is 5.32 Å². The average molecular weight is 343 g/mol.